The highest BCUT2D eigenvalue weighted by Crippen LogP contribution is 2.55. The summed E-state index contributed by atoms with van der Waals surface area (Å²) in [5.74, 6) is -6.88. The molecule has 1 aliphatic heterocycles. The van der Waals surface area contributed by atoms with Gasteiger partial charge in [-0.25, -0.2) is 4.79 Å². The summed E-state index contributed by atoms with van der Waals surface area (Å²) in [4.78, 5) is 34.7. The van der Waals surface area contributed by atoms with Crippen LogP contribution in [0.3, 0.4) is 0 Å². The minimum Gasteiger partial charge on any atom is -0.460 e. The predicted molar refractivity (Wildman–Crippen MR) is 70.2 cm³/mol. The molecular weight excluding hydrogens is 314 g/mol. The lowest BCUT2D eigenvalue weighted by Gasteiger charge is -2.26. The maximum atomic E-state index is 12.7. The Balaban J connectivity index is 1.52. The molecule has 1 saturated heterocycles. The van der Waals surface area contributed by atoms with Crippen LogP contribution in [0.4, 0.5) is 8.78 Å². The van der Waals surface area contributed by atoms with Crippen LogP contribution in [0, 0.1) is 23.7 Å². The summed E-state index contributed by atoms with van der Waals surface area (Å²) in [7, 11) is 0. The summed E-state index contributed by atoms with van der Waals surface area (Å²) in [5.41, 5.74) is 0. The van der Waals surface area contributed by atoms with Crippen LogP contribution in [0.15, 0.2) is 0 Å². The zero-order valence-electron chi connectivity index (χ0n) is 12.8. The van der Waals surface area contributed by atoms with Crippen molar-refractivity contribution in [3.8, 4) is 0 Å². The molecule has 6 atom stereocenters. The van der Waals surface area contributed by atoms with Gasteiger partial charge >= 0.3 is 23.8 Å². The number of rotatable bonds is 5. The fraction of sp³-hybridized carbons (Fsp3) is 0.800. The Bertz CT molecular complexity index is 543. The van der Waals surface area contributed by atoms with E-state index in [-0.39, 0.29) is 23.7 Å². The van der Waals surface area contributed by atoms with E-state index in [0.29, 0.717) is 13.3 Å². The van der Waals surface area contributed by atoms with Gasteiger partial charge in [-0.1, -0.05) is 0 Å². The van der Waals surface area contributed by atoms with Crippen molar-refractivity contribution in [2.75, 3.05) is 6.61 Å². The Morgan fingerprint density at radius 2 is 2.09 bits per heavy atom. The van der Waals surface area contributed by atoms with Crippen molar-refractivity contribution in [3.63, 3.8) is 0 Å². The summed E-state index contributed by atoms with van der Waals surface area (Å²) < 4.78 is 40.5. The molecule has 2 aliphatic carbocycles. The predicted octanol–water partition coefficient (Wildman–Crippen LogP) is 1.31. The van der Waals surface area contributed by atoms with E-state index in [4.69, 9.17) is 9.47 Å². The van der Waals surface area contributed by atoms with E-state index in [1.807, 2.05) is 0 Å². The van der Waals surface area contributed by atoms with E-state index >= 15 is 0 Å². The molecule has 128 valence electrons. The lowest BCUT2D eigenvalue weighted by molar-refractivity contribution is -0.176. The standard InChI is InChI=1S/C15H18F2O6/c1-6(5-21-14(20)15(2,16)17)12(18)22-10-7-3-8-9(4-7)13(19)23-11(8)10/h6-11H,3-5H2,1-2H3. The number of alkyl halides is 2. The second kappa shape index (κ2) is 5.42. The maximum Gasteiger partial charge on any atom is 0.376 e. The molecule has 23 heavy (non-hydrogen) atoms. The molecule has 0 N–H and O–H groups in total. The molecule has 0 amide bonds. The van der Waals surface area contributed by atoms with E-state index in [0.717, 1.165) is 6.42 Å². The molecule has 0 aromatic rings. The Morgan fingerprint density at radius 1 is 1.39 bits per heavy atom. The van der Waals surface area contributed by atoms with Crippen LogP contribution < -0.4 is 0 Å². The number of halogens is 2. The zero-order valence-corrected chi connectivity index (χ0v) is 12.8. The molecular formula is C15H18F2O6. The van der Waals surface area contributed by atoms with Crippen molar-refractivity contribution >= 4 is 17.9 Å². The number of fused-ring (bicyclic) bond motifs is 1. The van der Waals surface area contributed by atoms with Gasteiger partial charge in [-0.15, -0.1) is 0 Å². The third kappa shape index (κ3) is 2.79. The summed E-state index contributed by atoms with van der Waals surface area (Å²) in [6.45, 7) is 1.38. The van der Waals surface area contributed by atoms with Gasteiger partial charge in [-0.2, -0.15) is 8.78 Å². The first kappa shape index (κ1) is 16.1. The van der Waals surface area contributed by atoms with Crippen molar-refractivity contribution in [2.24, 2.45) is 23.7 Å². The van der Waals surface area contributed by atoms with Gasteiger partial charge < -0.3 is 14.2 Å². The average molecular weight is 332 g/mol. The van der Waals surface area contributed by atoms with Crippen molar-refractivity contribution in [1.82, 2.24) is 0 Å². The smallest absolute Gasteiger partial charge is 0.376 e. The zero-order chi connectivity index (χ0) is 16.9. The number of carbonyl (C=O) groups excluding carboxylic acids is 3. The normalized spacial score (nSPS) is 35.8. The highest BCUT2D eigenvalue weighted by molar-refractivity contribution is 5.78. The van der Waals surface area contributed by atoms with Gasteiger partial charge in [0.1, 0.15) is 18.8 Å². The number of esters is 3. The number of ether oxygens (including phenoxy) is 3. The minimum atomic E-state index is -3.60. The monoisotopic (exact) mass is 332 g/mol. The third-order valence-corrected chi connectivity index (χ3v) is 4.89. The average Bonchev–Trinajstić information content (AvgIpc) is 3.07. The van der Waals surface area contributed by atoms with Crippen molar-refractivity contribution < 1.29 is 37.4 Å². The van der Waals surface area contributed by atoms with Gasteiger partial charge in [-0.3, -0.25) is 9.59 Å². The van der Waals surface area contributed by atoms with Gasteiger partial charge in [-0.05, 0) is 19.8 Å². The molecule has 2 saturated carbocycles. The Morgan fingerprint density at radius 3 is 2.74 bits per heavy atom. The SMILES string of the molecule is CC(COC(=O)C(C)(F)F)C(=O)OC1C2CC3C(=O)OC1C3C2. The van der Waals surface area contributed by atoms with Crippen LogP contribution in [0.25, 0.3) is 0 Å². The van der Waals surface area contributed by atoms with Crippen LogP contribution in [-0.4, -0.2) is 42.6 Å². The topological polar surface area (TPSA) is 78.9 Å². The van der Waals surface area contributed by atoms with Crippen LogP contribution >= 0.6 is 0 Å². The van der Waals surface area contributed by atoms with Gasteiger partial charge in [0.05, 0.1) is 11.8 Å². The lowest BCUT2D eigenvalue weighted by atomic mass is 9.88. The molecule has 3 rings (SSSR count). The maximum absolute atomic E-state index is 12.7. The Kier molecular flexibility index (Phi) is 3.80. The summed E-state index contributed by atoms with van der Waals surface area (Å²) in [6.07, 6.45) is 0.569. The van der Waals surface area contributed by atoms with Crippen LogP contribution in [0.2, 0.25) is 0 Å². The fourth-order valence-corrected chi connectivity index (χ4v) is 3.71. The van der Waals surface area contributed by atoms with Gasteiger partial charge in [0, 0.05) is 18.8 Å². The number of carbonyl (C=O) groups is 3. The van der Waals surface area contributed by atoms with Crippen LogP contribution in [-0.2, 0) is 28.6 Å². The first-order valence-electron chi connectivity index (χ1n) is 7.64. The van der Waals surface area contributed by atoms with Crippen molar-refractivity contribution in [2.45, 2.75) is 44.8 Å². The van der Waals surface area contributed by atoms with Crippen molar-refractivity contribution in [1.29, 1.82) is 0 Å². The molecule has 1 heterocycles. The molecule has 0 radical (unpaired) electrons. The number of hydrogen-bond acceptors (Lipinski definition) is 6. The molecule has 0 aromatic heterocycles. The van der Waals surface area contributed by atoms with E-state index in [1.54, 1.807) is 0 Å². The lowest BCUT2D eigenvalue weighted by Crippen LogP contribution is -2.38. The quantitative estimate of drug-likeness (QED) is 0.558. The second-order valence-electron chi connectivity index (χ2n) is 6.69. The molecule has 3 aliphatic rings. The third-order valence-electron chi connectivity index (χ3n) is 4.89. The first-order chi connectivity index (χ1) is 10.7. The van der Waals surface area contributed by atoms with E-state index in [1.165, 1.54) is 6.92 Å². The summed E-state index contributed by atoms with van der Waals surface area (Å²) >= 11 is 0. The minimum absolute atomic E-state index is 0.0786. The molecule has 0 spiro atoms. The first-order valence-corrected chi connectivity index (χ1v) is 7.64. The molecule has 6 unspecified atom stereocenters. The molecule has 8 heteroatoms. The second-order valence-corrected chi connectivity index (χ2v) is 6.69. The Labute approximate surface area is 131 Å². The number of hydrogen-bond donors (Lipinski definition) is 0. The molecule has 2 bridgehead atoms. The van der Waals surface area contributed by atoms with Crippen LogP contribution in [0.1, 0.15) is 26.7 Å². The largest absolute Gasteiger partial charge is 0.460 e. The van der Waals surface area contributed by atoms with E-state index < -0.39 is 42.6 Å². The van der Waals surface area contributed by atoms with Gasteiger partial charge in [0.2, 0.25) is 0 Å². The Hall–Kier alpha value is -1.73. The highest BCUT2D eigenvalue weighted by atomic mass is 19.3. The molecule has 3 fully saturated rings. The fourth-order valence-electron chi connectivity index (χ4n) is 3.71. The van der Waals surface area contributed by atoms with E-state index in [2.05, 4.69) is 4.74 Å². The van der Waals surface area contributed by atoms with Crippen molar-refractivity contribution in [3.05, 3.63) is 0 Å². The van der Waals surface area contributed by atoms with E-state index in [9.17, 15) is 23.2 Å². The van der Waals surface area contributed by atoms with Gasteiger partial charge in [0.15, 0.2) is 0 Å². The highest BCUT2D eigenvalue weighted by Gasteiger charge is 2.63. The summed E-state index contributed by atoms with van der Waals surface area (Å²) in [5, 5.41) is 0. The summed E-state index contributed by atoms with van der Waals surface area (Å²) in [6, 6.07) is 0. The van der Waals surface area contributed by atoms with Crippen LogP contribution in [0.5, 0.6) is 0 Å². The molecule has 6 nitrogen and oxygen atoms in total. The van der Waals surface area contributed by atoms with Gasteiger partial charge in [0.25, 0.3) is 0 Å². The molecule has 0 aromatic carbocycles.